The molecular formula is C18H32O4. The summed E-state index contributed by atoms with van der Waals surface area (Å²) in [7, 11) is 0. The van der Waals surface area contributed by atoms with Gasteiger partial charge in [0.25, 0.3) is 0 Å². The Morgan fingerprint density at radius 3 is 2.59 bits per heavy atom. The van der Waals surface area contributed by atoms with Gasteiger partial charge in [-0.05, 0) is 19.3 Å². The number of hydrogen-bond acceptors (Lipinski definition) is 3. The molecule has 0 amide bonds. The molecule has 0 aromatic heterocycles. The largest absolute Gasteiger partial charge is 0.481 e. The third-order valence-corrected chi connectivity index (χ3v) is 4.13. The molecule has 0 aromatic rings. The zero-order chi connectivity index (χ0) is 16.2. The average molecular weight is 312 g/mol. The second-order valence-electron chi connectivity index (χ2n) is 6.29. The zero-order valence-corrected chi connectivity index (χ0v) is 13.9. The van der Waals surface area contributed by atoms with E-state index in [1.54, 1.807) is 0 Å². The van der Waals surface area contributed by atoms with Gasteiger partial charge >= 0.3 is 5.97 Å². The van der Waals surface area contributed by atoms with Crippen molar-refractivity contribution in [3.63, 3.8) is 0 Å². The maximum Gasteiger partial charge on any atom is 0.303 e. The van der Waals surface area contributed by atoms with Gasteiger partial charge in [0.1, 0.15) is 6.10 Å². The van der Waals surface area contributed by atoms with Crippen LogP contribution in [0.5, 0.6) is 0 Å². The molecule has 1 rings (SSSR count). The van der Waals surface area contributed by atoms with E-state index >= 15 is 0 Å². The molecule has 0 spiro atoms. The molecule has 1 aliphatic heterocycles. The minimum Gasteiger partial charge on any atom is -0.481 e. The Labute approximate surface area is 134 Å². The van der Waals surface area contributed by atoms with Crippen molar-refractivity contribution in [3.8, 4) is 0 Å². The van der Waals surface area contributed by atoms with Crippen molar-refractivity contribution in [2.24, 2.45) is 0 Å². The number of carboxylic acid groups (broad SMARTS) is 1. The Bertz CT molecular complexity index is 327. The van der Waals surface area contributed by atoms with Crippen LogP contribution in [0.1, 0.15) is 77.6 Å². The number of aliphatic carboxylic acids is 1. The SMILES string of the molecule is CCCCCC(O)C=C[C@@H]1O[C@H]1CCCCCCCC(=O)O. The van der Waals surface area contributed by atoms with Crippen molar-refractivity contribution in [1.82, 2.24) is 0 Å². The van der Waals surface area contributed by atoms with E-state index < -0.39 is 5.97 Å². The number of ether oxygens (including phenoxy) is 1. The molecule has 0 aliphatic carbocycles. The molecule has 3 atom stereocenters. The topological polar surface area (TPSA) is 70.1 Å². The van der Waals surface area contributed by atoms with Crippen molar-refractivity contribution >= 4 is 5.97 Å². The Morgan fingerprint density at radius 1 is 1.14 bits per heavy atom. The molecular weight excluding hydrogens is 280 g/mol. The molecule has 4 nitrogen and oxygen atoms in total. The molecule has 2 N–H and O–H groups in total. The molecule has 1 fully saturated rings. The number of aliphatic hydroxyl groups is 1. The van der Waals surface area contributed by atoms with Gasteiger partial charge in [0, 0.05) is 6.42 Å². The van der Waals surface area contributed by atoms with Gasteiger partial charge in [-0.2, -0.15) is 0 Å². The van der Waals surface area contributed by atoms with E-state index in [4.69, 9.17) is 9.84 Å². The molecule has 1 aliphatic rings. The molecule has 0 aromatic carbocycles. The van der Waals surface area contributed by atoms with Crippen LogP contribution in [0.25, 0.3) is 0 Å². The monoisotopic (exact) mass is 312 g/mol. The van der Waals surface area contributed by atoms with Crippen LogP contribution >= 0.6 is 0 Å². The Morgan fingerprint density at radius 2 is 1.86 bits per heavy atom. The van der Waals surface area contributed by atoms with Crippen LogP contribution in [0.4, 0.5) is 0 Å². The van der Waals surface area contributed by atoms with Gasteiger partial charge in [0.2, 0.25) is 0 Å². The zero-order valence-electron chi connectivity index (χ0n) is 13.9. The number of hydrogen-bond donors (Lipinski definition) is 2. The average Bonchev–Trinajstić information content (AvgIpc) is 3.22. The molecule has 1 saturated heterocycles. The molecule has 128 valence electrons. The quantitative estimate of drug-likeness (QED) is 0.288. The fourth-order valence-corrected chi connectivity index (χ4v) is 2.65. The van der Waals surface area contributed by atoms with Gasteiger partial charge in [0.05, 0.1) is 12.2 Å². The van der Waals surface area contributed by atoms with E-state index in [0.717, 1.165) is 51.4 Å². The molecule has 4 heteroatoms. The van der Waals surface area contributed by atoms with Crippen molar-refractivity contribution in [3.05, 3.63) is 12.2 Å². The highest BCUT2D eigenvalue weighted by Crippen LogP contribution is 2.29. The highest BCUT2D eigenvalue weighted by molar-refractivity contribution is 5.66. The van der Waals surface area contributed by atoms with E-state index in [2.05, 4.69) is 6.92 Å². The van der Waals surface area contributed by atoms with E-state index in [1.165, 1.54) is 12.8 Å². The minimum atomic E-state index is -0.696. The fraction of sp³-hybridized carbons (Fsp3) is 0.833. The van der Waals surface area contributed by atoms with E-state index in [9.17, 15) is 9.90 Å². The number of epoxide rings is 1. The van der Waals surface area contributed by atoms with Gasteiger partial charge in [-0.1, -0.05) is 64.0 Å². The van der Waals surface area contributed by atoms with Crippen LogP contribution in [-0.4, -0.2) is 34.5 Å². The Hall–Kier alpha value is -0.870. The van der Waals surface area contributed by atoms with Crippen LogP contribution in [-0.2, 0) is 9.53 Å². The van der Waals surface area contributed by atoms with Crippen LogP contribution in [0.3, 0.4) is 0 Å². The van der Waals surface area contributed by atoms with Crippen LogP contribution < -0.4 is 0 Å². The predicted octanol–water partition coefficient (Wildman–Crippen LogP) is 4.07. The molecule has 0 radical (unpaired) electrons. The standard InChI is InChI=1S/C18H32O4/c1-2-3-7-10-15(19)13-14-17-16(22-17)11-8-5-4-6-9-12-18(20)21/h13-17,19H,2-12H2,1H3,(H,20,21)/t15?,16-,17-/m0/s1. The smallest absolute Gasteiger partial charge is 0.303 e. The third kappa shape index (κ3) is 9.96. The lowest BCUT2D eigenvalue weighted by atomic mass is 10.1. The summed E-state index contributed by atoms with van der Waals surface area (Å²) in [5, 5.41) is 18.3. The molecule has 1 heterocycles. The summed E-state index contributed by atoms with van der Waals surface area (Å²) in [5.74, 6) is -0.696. The van der Waals surface area contributed by atoms with Crippen molar-refractivity contribution in [1.29, 1.82) is 0 Å². The first kappa shape index (κ1) is 19.2. The lowest BCUT2D eigenvalue weighted by Gasteiger charge is -2.03. The molecule has 22 heavy (non-hydrogen) atoms. The molecule has 0 saturated carbocycles. The van der Waals surface area contributed by atoms with E-state index in [-0.39, 0.29) is 12.2 Å². The lowest BCUT2D eigenvalue weighted by molar-refractivity contribution is -0.137. The number of carbonyl (C=O) groups is 1. The predicted molar refractivity (Wildman–Crippen MR) is 87.9 cm³/mol. The second-order valence-corrected chi connectivity index (χ2v) is 6.29. The van der Waals surface area contributed by atoms with Gasteiger partial charge in [-0.3, -0.25) is 4.79 Å². The first-order valence-electron chi connectivity index (χ1n) is 8.87. The third-order valence-electron chi connectivity index (χ3n) is 4.13. The number of carboxylic acids is 1. The minimum absolute atomic E-state index is 0.202. The number of aliphatic hydroxyl groups excluding tert-OH is 1. The number of rotatable bonds is 14. The highest BCUT2D eigenvalue weighted by atomic mass is 16.6. The van der Waals surface area contributed by atoms with Crippen molar-refractivity contribution < 1.29 is 19.7 Å². The van der Waals surface area contributed by atoms with E-state index in [1.807, 2.05) is 12.2 Å². The summed E-state index contributed by atoms with van der Waals surface area (Å²) in [6.45, 7) is 2.16. The lowest BCUT2D eigenvalue weighted by Crippen LogP contribution is -2.02. The first-order valence-corrected chi connectivity index (χ1v) is 8.87. The van der Waals surface area contributed by atoms with Gasteiger partial charge < -0.3 is 14.9 Å². The van der Waals surface area contributed by atoms with Crippen LogP contribution in [0.2, 0.25) is 0 Å². The Balaban J connectivity index is 1.92. The fourth-order valence-electron chi connectivity index (χ4n) is 2.65. The summed E-state index contributed by atoms with van der Waals surface area (Å²) in [6, 6.07) is 0. The summed E-state index contributed by atoms with van der Waals surface area (Å²) in [5.41, 5.74) is 0. The Kier molecular flexibility index (Phi) is 10.2. The summed E-state index contributed by atoms with van der Waals surface area (Å²) >= 11 is 0. The highest BCUT2D eigenvalue weighted by Gasteiger charge is 2.35. The number of unbranched alkanes of at least 4 members (excludes halogenated alkanes) is 6. The van der Waals surface area contributed by atoms with Crippen molar-refractivity contribution in [2.45, 2.75) is 95.9 Å². The van der Waals surface area contributed by atoms with Crippen molar-refractivity contribution in [2.75, 3.05) is 0 Å². The van der Waals surface area contributed by atoms with Gasteiger partial charge in [-0.15, -0.1) is 0 Å². The molecule has 0 bridgehead atoms. The van der Waals surface area contributed by atoms with Gasteiger partial charge in [-0.25, -0.2) is 0 Å². The summed E-state index contributed by atoms with van der Waals surface area (Å²) < 4.78 is 5.58. The van der Waals surface area contributed by atoms with Gasteiger partial charge in [0.15, 0.2) is 0 Å². The van der Waals surface area contributed by atoms with E-state index in [0.29, 0.717) is 12.5 Å². The summed E-state index contributed by atoms with van der Waals surface area (Å²) in [6.07, 6.45) is 14.9. The van der Waals surface area contributed by atoms with Crippen LogP contribution in [0.15, 0.2) is 12.2 Å². The van der Waals surface area contributed by atoms with Crippen LogP contribution in [0, 0.1) is 0 Å². The molecule has 1 unspecified atom stereocenters. The maximum absolute atomic E-state index is 10.4. The second kappa shape index (κ2) is 11.7. The normalized spacial score (nSPS) is 22.1. The summed E-state index contributed by atoms with van der Waals surface area (Å²) in [4.78, 5) is 10.4. The maximum atomic E-state index is 10.4. The first-order chi connectivity index (χ1) is 10.6.